The van der Waals surface area contributed by atoms with E-state index in [1.165, 1.54) is 30.3 Å². The molecule has 1 aliphatic rings. The smallest absolute Gasteiger partial charge is 0.159 e. The second-order valence-corrected chi connectivity index (χ2v) is 7.88. The van der Waals surface area contributed by atoms with E-state index in [2.05, 4.69) is 10.2 Å². The number of anilines is 1. The van der Waals surface area contributed by atoms with Gasteiger partial charge >= 0.3 is 0 Å². The number of benzene rings is 2. The standard InChI is InChI=1S/C24H19F3N4O/c25-16-5-3-15(4-6-16)24(29-32)22-13-28-23-10-8-18(14-31(22)23)30-11-1-2-21(30)19-12-17(26)7-9-20(19)27/h3-10,12-14,21,24H,1-2,11H2. The van der Waals surface area contributed by atoms with Gasteiger partial charge in [0, 0.05) is 18.3 Å². The molecule has 5 rings (SSSR count). The third-order valence-electron chi connectivity index (χ3n) is 5.99. The summed E-state index contributed by atoms with van der Waals surface area (Å²) in [7, 11) is 0. The maximum atomic E-state index is 14.5. The Kier molecular flexibility index (Phi) is 5.13. The predicted molar refractivity (Wildman–Crippen MR) is 115 cm³/mol. The van der Waals surface area contributed by atoms with Crippen LogP contribution in [0.1, 0.15) is 41.7 Å². The zero-order valence-corrected chi connectivity index (χ0v) is 17.0. The summed E-state index contributed by atoms with van der Waals surface area (Å²) in [5.41, 5.74) is 2.83. The SMILES string of the molecule is O=NC(c1ccc(F)cc1)c1cnc2ccc(N3CCCC3c3cc(F)ccc3F)cn12. The van der Waals surface area contributed by atoms with Crippen molar-refractivity contribution in [3.05, 3.63) is 106 Å². The van der Waals surface area contributed by atoms with Crippen LogP contribution in [0.15, 0.2) is 72.2 Å². The molecule has 1 fully saturated rings. The minimum atomic E-state index is -0.865. The molecule has 0 saturated carbocycles. The number of pyridine rings is 1. The number of hydrogen-bond donors (Lipinski definition) is 0. The van der Waals surface area contributed by atoms with Crippen molar-refractivity contribution in [1.29, 1.82) is 0 Å². The Hall–Kier alpha value is -3.68. The molecular formula is C24H19F3N4O. The van der Waals surface area contributed by atoms with Crippen LogP contribution in [0.25, 0.3) is 5.65 Å². The summed E-state index contributed by atoms with van der Waals surface area (Å²) in [6, 6.07) is 11.6. The van der Waals surface area contributed by atoms with E-state index in [9.17, 15) is 18.1 Å². The molecule has 1 aliphatic heterocycles. The minimum absolute atomic E-state index is 0.299. The lowest BCUT2D eigenvalue weighted by molar-refractivity contribution is 0.561. The Morgan fingerprint density at radius 2 is 1.78 bits per heavy atom. The summed E-state index contributed by atoms with van der Waals surface area (Å²) in [4.78, 5) is 18.1. The molecule has 32 heavy (non-hydrogen) atoms. The zero-order chi connectivity index (χ0) is 22.2. The Balaban J connectivity index is 1.55. The summed E-state index contributed by atoms with van der Waals surface area (Å²) < 4.78 is 43.4. The summed E-state index contributed by atoms with van der Waals surface area (Å²) in [6.07, 6.45) is 4.93. The number of nitroso groups, excluding NO2 is 1. The van der Waals surface area contributed by atoms with Crippen molar-refractivity contribution in [2.24, 2.45) is 5.18 Å². The molecule has 8 heteroatoms. The van der Waals surface area contributed by atoms with Crippen molar-refractivity contribution in [3.63, 3.8) is 0 Å². The number of imidazole rings is 1. The molecule has 162 valence electrons. The van der Waals surface area contributed by atoms with Crippen LogP contribution < -0.4 is 4.90 Å². The van der Waals surface area contributed by atoms with Crippen LogP contribution in [-0.4, -0.2) is 15.9 Å². The van der Waals surface area contributed by atoms with Crippen LogP contribution in [-0.2, 0) is 0 Å². The van der Waals surface area contributed by atoms with Gasteiger partial charge in [-0.3, -0.25) is 4.40 Å². The average molecular weight is 436 g/mol. The number of fused-ring (bicyclic) bond motifs is 1. The molecule has 0 spiro atoms. The van der Waals surface area contributed by atoms with Gasteiger partial charge in [0.15, 0.2) is 6.04 Å². The molecule has 2 aromatic heterocycles. The van der Waals surface area contributed by atoms with Gasteiger partial charge < -0.3 is 4.90 Å². The first-order valence-electron chi connectivity index (χ1n) is 10.3. The number of halogens is 3. The van der Waals surface area contributed by atoms with Crippen molar-refractivity contribution in [2.45, 2.75) is 24.9 Å². The molecule has 0 amide bonds. The molecule has 5 nitrogen and oxygen atoms in total. The first-order valence-corrected chi connectivity index (χ1v) is 10.3. The lowest BCUT2D eigenvalue weighted by atomic mass is 10.0. The third kappa shape index (κ3) is 3.51. The second-order valence-electron chi connectivity index (χ2n) is 7.88. The highest BCUT2D eigenvalue weighted by Gasteiger charge is 2.29. The van der Waals surface area contributed by atoms with E-state index in [1.54, 1.807) is 10.6 Å². The average Bonchev–Trinajstić information content (AvgIpc) is 3.44. The van der Waals surface area contributed by atoms with Crippen molar-refractivity contribution in [1.82, 2.24) is 9.38 Å². The summed E-state index contributed by atoms with van der Waals surface area (Å²) in [6.45, 7) is 0.684. The normalized spacial score (nSPS) is 17.1. The molecule has 0 radical (unpaired) electrons. The molecule has 0 N–H and O–H groups in total. The Labute approximate surface area is 182 Å². The van der Waals surface area contributed by atoms with E-state index >= 15 is 0 Å². The van der Waals surface area contributed by atoms with Gasteiger partial charge in [0.2, 0.25) is 0 Å². The second kappa shape index (κ2) is 8.11. The molecular weight excluding hydrogens is 417 g/mol. The Bertz CT molecular complexity index is 1290. The van der Waals surface area contributed by atoms with Crippen LogP contribution >= 0.6 is 0 Å². The van der Waals surface area contributed by atoms with Gasteiger partial charge in [0.1, 0.15) is 23.1 Å². The van der Waals surface area contributed by atoms with Crippen molar-refractivity contribution in [2.75, 3.05) is 11.4 Å². The quantitative estimate of drug-likeness (QED) is 0.363. The van der Waals surface area contributed by atoms with E-state index in [-0.39, 0.29) is 6.04 Å². The van der Waals surface area contributed by atoms with Crippen LogP contribution in [0.3, 0.4) is 0 Å². The first kappa shape index (κ1) is 20.2. The fourth-order valence-corrected chi connectivity index (χ4v) is 4.46. The van der Waals surface area contributed by atoms with Gasteiger partial charge in [-0.15, -0.1) is 4.91 Å². The largest absolute Gasteiger partial charge is 0.363 e. The van der Waals surface area contributed by atoms with Gasteiger partial charge in [-0.1, -0.05) is 17.3 Å². The highest BCUT2D eigenvalue weighted by Crippen LogP contribution is 2.38. The molecule has 0 aliphatic carbocycles. The van der Waals surface area contributed by atoms with Crippen molar-refractivity contribution >= 4 is 11.3 Å². The van der Waals surface area contributed by atoms with E-state index in [0.29, 0.717) is 35.4 Å². The lowest BCUT2D eigenvalue weighted by Crippen LogP contribution is -2.23. The number of nitrogens with zero attached hydrogens (tertiary/aromatic N) is 4. The molecule has 1 saturated heterocycles. The van der Waals surface area contributed by atoms with E-state index in [4.69, 9.17) is 0 Å². The number of hydrogen-bond acceptors (Lipinski definition) is 4. The maximum Gasteiger partial charge on any atom is 0.159 e. The van der Waals surface area contributed by atoms with Gasteiger partial charge in [0.05, 0.1) is 23.6 Å². The van der Waals surface area contributed by atoms with Gasteiger partial charge in [-0.25, -0.2) is 18.2 Å². The van der Waals surface area contributed by atoms with Crippen LogP contribution in [0, 0.1) is 22.4 Å². The topological polar surface area (TPSA) is 50.0 Å². The van der Waals surface area contributed by atoms with Crippen LogP contribution in [0.4, 0.5) is 18.9 Å². The predicted octanol–water partition coefficient (Wildman–Crippen LogP) is 5.95. The summed E-state index contributed by atoms with van der Waals surface area (Å²) in [5, 5.41) is 3.25. The molecule has 2 atom stereocenters. The van der Waals surface area contributed by atoms with E-state index in [0.717, 1.165) is 24.2 Å². The van der Waals surface area contributed by atoms with Crippen molar-refractivity contribution in [3.8, 4) is 0 Å². The Morgan fingerprint density at radius 1 is 1.00 bits per heavy atom. The first-order chi connectivity index (χ1) is 15.5. The Morgan fingerprint density at radius 3 is 2.56 bits per heavy atom. The third-order valence-corrected chi connectivity index (χ3v) is 5.99. The highest BCUT2D eigenvalue weighted by atomic mass is 19.1. The van der Waals surface area contributed by atoms with Gasteiger partial charge in [-0.05, 0) is 60.9 Å². The summed E-state index contributed by atoms with van der Waals surface area (Å²) >= 11 is 0. The number of aromatic nitrogens is 2. The van der Waals surface area contributed by atoms with Gasteiger partial charge in [-0.2, -0.15) is 0 Å². The fraction of sp³-hybridized carbons (Fsp3) is 0.208. The lowest BCUT2D eigenvalue weighted by Gasteiger charge is -2.27. The van der Waals surface area contributed by atoms with E-state index in [1.807, 2.05) is 23.2 Å². The highest BCUT2D eigenvalue weighted by molar-refractivity contribution is 5.55. The van der Waals surface area contributed by atoms with Gasteiger partial charge in [0.25, 0.3) is 0 Å². The maximum absolute atomic E-state index is 14.5. The molecule has 4 aromatic rings. The van der Waals surface area contributed by atoms with Crippen LogP contribution in [0.5, 0.6) is 0 Å². The summed E-state index contributed by atoms with van der Waals surface area (Å²) in [5.74, 6) is -1.31. The van der Waals surface area contributed by atoms with Crippen LogP contribution in [0.2, 0.25) is 0 Å². The molecule has 2 unspecified atom stereocenters. The monoisotopic (exact) mass is 436 g/mol. The minimum Gasteiger partial charge on any atom is -0.363 e. The van der Waals surface area contributed by atoms with Crippen molar-refractivity contribution < 1.29 is 13.2 Å². The molecule has 2 aromatic carbocycles. The number of rotatable bonds is 5. The molecule has 0 bridgehead atoms. The van der Waals surface area contributed by atoms with E-state index < -0.39 is 23.5 Å². The molecule has 3 heterocycles. The fourth-order valence-electron chi connectivity index (χ4n) is 4.46. The zero-order valence-electron chi connectivity index (χ0n) is 17.0.